The molecule has 21 heavy (non-hydrogen) atoms. The molecule has 3 unspecified atom stereocenters. The molecule has 0 amide bonds. The molecule has 4 heteroatoms. The lowest BCUT2D eigenvalue weighted by Crippen LogP contribution is -2.44. The van der Waals surface area contributed by atoms with Gasteiger partial charge in [0.05, 0.1) is 13.2 Å². The van der Waals surface area contributed by atoms with Gasteiger partial charge in [0.15, 0.2) is 0 Å². The first-order chi connectivity index (χ1) is 10.2. The number of halogens is 1. The van der Waals surface area contributed by atoms with Crippen LogP contribution in [0.3, 0.4) is 0 Å². The minimum Gasteiger partial charge on any atom is -0.496 e. The average Bonchev–Trinajstić information content (AvgIpc) is 2.90. The molecule has 0 bridgehead atoms. The summed E-state index contributed by atoms with van der Waals surface area (Å²) in [6.07, 6.45) is 3.51. The van der Waals surface area contributed by atoms with Gasteiger partial charge in [0.2, 0.25) is 0 Å². The van der Waals surface area contributed by atoms with Crippen LogP contribution in [-0.2, 0) is 11.2 Å². The van der Waals surface area contributed by atoms with Crippen molar-refractivity contribution < 1.29 is 9.47 Å². The Kier molecular flexibility index (Phi) is 6.52. The minimum absolute atomic E-state index is 0.292. The van der Waals surface area contributed by atoms with Crippen LogP contribution in [0.15, 0.2) is 22.7 Å². The van der Waals surface area contributed by atoms with E-state index in [2.05, 4.69) is 41.2 Å². The largest absolute Gasteiger partial charge is 0.496 e. The Labute approximate surface area is 136 Å². The highest BCUT2D eigenvalue weighted by molar-refractivity contribution is 9.10. The first-order valence-corrected chi connectivity index (χ1v) is 8.62. The third kappa shape index (κ3) is 4.44. The second kappa shape index (κ2) is 8.16. The van der Waals surface area contributed by atoms with Crippen molar-refractivity contribution in [1.29, 1.82) is 0 Å². The highest BCUT2D eigenvalue weighted by Crippen LogP contribution is 2.29. The van der Waals surface area contributed by atoms with Gasteiger partial charge in [-0.05, 0) is 55.5 Å². The van der Waals surface area contributed by atoms with E-state index < -0.39 is 0 Å². The molecule has 3 atom stereocenters. The molecule has 1 N–H and O–H groups in total. The van der Waals surface area contributed by atoms with E-state index in [1.54, 1.807) is 7.11 Å². The van der Waals surface area contributed by atoms with E-state index in [9.17, 15) is 0 Å². The predicted octanol–water partition coefficient (Wildman–Crippen LogP) is 3.79. The lowest BCUT2D eigenvalue weighted by atomic mass is 9.92. The lowest BCUT2D eigenvalue weighted by molar-refractivity contribution is 0.0608. The smallest absolute Gasteiger partial charge is 0.122 e. The summed E-state index contributed by atoms with van der Waals surface area (Å²) in [6, 6.07) is 6.53. The highest BCUT2D eigenvalue weighted by Gasteiger charge is 2.32. The van der Waals surface area contributed by atoms with Gasteiger partial charge in [-0.2, -0.15) is 0 Å². The summed E-state index contributed by atoms with van der Waals surface area (Å²) in [5.41, 5.74) is 1.23. The molecule has 0 saturated carbocycles. The standard InChI is InChI=1S/C17H26BrNO2/c1-4-8-19-15(17-12(2)7-9-21-17)11-13-10-14(18)5-6-16(13)20-3/h5-6,10,12,15,17,19H,4,7-9,11H2,1-3H3. The summed E-state index contributed by atoms with van der Waals surface area (Å²) in [6.45, 7) is 6.39. The number of nitrogens with one attached hydrogen (secondary N) is 1. The third-order valence-electron chi connectivity index (χ3n) is 4.18. The van der Waals surface area contributed by atoms with E-state index in [0.717, 1.165) is 42.6 Å². The quantitative estimate of drug-likeness (QED) is 0.806. The Hall–Kier alpha value is -0.580. The van der Waals surface area contributed by atoms with Gasteiger partial charge < -0.3 is 14.8 Å². The molecule has 1 heterocycles. The summed E-state index contributed by atoms with van der Waals surface area (Å²) in [4.78, 5) is 0. The van der Waals surface area contributed by atoms with Crippen LogP contribution in [0.4, 0.5) is 0 Å². The van der Waals surface area contributed by atoms with Crippen molar-refractivity contribution in [2.24, 2.45) is 5.92 Å². The number of hydrogen-bond donors (Lipinski definition) is 1. The fourth-order valence-electron chi connectivity index (χ4n) is 3.01. The van der Waals surface area contributed by atoms with Crippen molar-refractivity contribution in [3.63, 3.8) is 0 Å². The molecule has 1 saturated heterocycles. The van der Waals surface area contributed by atoms with E-state index in [4.69, 9.17) is 9.47 Å². The fraction of sp³-hybridized carbons (Fsp3) is 0.647. The maximum Gasteiger partial charge on any atom is 0.122 e. The molecule has 1 fully saturated rings. The van der Waals surface area contributed by atoms with Crippen LogP contribution in [0.25, 0.3) is 0 Å². The molecular formula is C17H26BrNO2. The molecular weight excluding hydrogens is 330 g/mol. The molecule has 0 spiro atoms. The SMILES string of the molecule is CCCNC(Cc1cc(Br)ccc1OC)C1OCCC1C. The molecule has 1 aromatic rings. The fourth-order valence-corrected chi connectivity index (χ4v) is 3.42. The summed E-state index contributed by atoms with van der Waals surface area (Å²) in [7, 11) is 1.73. The van der Waals surface area contributed by atoms with Crippen LogP contribution in [0.2, 0.25) is 0 Å². The Morgan fingerprint density at radius 3 is 2.90 bits per heavy atom. The normalized spacial score (nSPS) is 23.2. The molecule has 2 rings (SSSR count). The first-order valence-electron chi connectivity index (χ1n) is 7.83. The van der Waals surface area contributed by atoms with Crippen LogP contribution in [0, 0.1) is 5.92 Å². The van der Waals surface area contributed by atoms with Crippen LogP contribution in [-0.4, -0.2) is 32.4 Å². The first kappa shape index (κ1) is 16.8. The Morgan fingerprint density at radius 1 is 1.48 bits per heavy atom. The van der Waals surface area contributed by atoms with Crippen LogP contribution < -0.4 is 10.1 Å². The van der Waals surface area contributed by atoms with Gasteiger partial charge in [-0.15, -0.1) is 0 Å². The summed E-state index contributed by atoms with van der Waals surface area (Å²) >= 11 is 3.56. The summed E-state index contributed by atoms with van der Waals surface area (Å²) in [5, 5.41) is 3.67. The van der Waals surface area contributed by atoms with Crippen LogP contribution >= 0.6 is 15.9 Å². The van der Waals surface area contributed by atoms with Gasteiger partial charge in [-0.1, -0.05) is 29.8 Å². The lowest BCUT2D eigenvalue weighted by Gasteiger charge is -2.28. The molecule has 1 aromatic carbocycles. The molecule has 118 valence electrons. The van der Waals surface area contributed by atoms with Gasteiger partial charge in [-0.25, -0.2) is 0 Å². The van der Waals surface area contributed by atoms with Crippen molar-refractivity contribution in [1.82, 2.24) is 5.32 Å². The molecule has 1 aliphatic heterocycles. The number of benzene rings is 1. The summed E-state index contributed by atoms with van der Waals surface area (Å²) < 4.78 is 12.6. The van der Waals surface area contributed by atoms with Gasteiger partial charge in [-0.3, -0.25) is 0 Å². The molecule has 0 radical (unpaired) electrons. The zero-order valence-electron chi connectivity index (χ0n) is 13.2. The Balaban J connectivity index is 2.15. The van der Waals surface area contributed by atoms with Gasteiger partial charge in [0.1, 0.15) is 5.75 Å². The van der Waals surface area contributed by atoms with Crippen LogP contribution in [0.5, 0.6) is 5.75 Å². The van der Waals surface area contributed by atoms with Crippen molar-refractivity contribution in [2.75, 3.05) is 20.3 Å². The zero-order chi connectivity index (χ0) is 15.2. The van der Waals surface area contributed by atoms with Crippen molar-refractivity contribution >= 4 is 15.9 Å². The average molecular weight is 356 g/mol. The number of ether oxygens (including phenoxy) is 2. The maximum absolute atomic E-state index is 5.99. The monoisotopic (exact) mass is 355 g/mol. The Bertz CT molecular complexity index is 452. The maximum atomic E-state index is 5.99. The number of hydrogen-bond acceptors (Lipinski definition) is 3. The topological polar surface area (TPSA) is 30.5 Å². The minimum atomic E-state index is 0.292. The van der Waals surface area contributed by atoms with Crippen molar-refractivity contribution in [3.8, 4) is 5.75 Å². The van der Waals surface area contributed by atoms with E-state index >= 15 is 0 Å². The number of methoxy groups -OCH3 is 1. The second-order valence-electron chi connectivity index (χ2n) is 5.82. The van der Waals surface area contributed by atoms with E-state index in [0.29, 0.717) is 18.1 Å². The van der Waals surface area contributed by atoms with Gasteiger partial charge >= 0.3 is 0 Å². The molecule has 0 aliphatic carbocycles. The third-order valence-corrected chi connectivity index (χ3v) is 4.67. The zero-order valence-corrected chi connectivity index (χ0v) is 14.8. The highest BCUT2D eigenvalue weighted by atomic mass is 79.9. The second-order valence-corrected chi connectivity index (χ2v) is 6.74. The molecule has 0 aromatic heterocycles. The van der Waals surface area contributed by atoms with Gasteiger partial charge in [0, 0.05) is 17.1 Å². The van der Waals surface area contributed by atoms with E-state index in [1.165, 1.54) is 5.56 Å². The number of rotatable bonds is 7. The van der Waals surface area contributed by atoms with E-state index in [-0.39, 0.29) is 0 Å². The summed E-state index contributed by atoms with van der Waals surface area (Å²) in [5.74, 6) is 1.56. The predicted molar refractivity (Wildman–Crippen MR) is 90.0 cm³/mol. The molecule has 1 aliphatic rings. The van der Waals surface area contributed by atoms with Crippen molar-refractivity contribution in [2.45, 2.75) is 45.3 Å². The van der Waals surface area contributed by atoms with Gasteiger partial charge in [0.25, 0.3) is 0 Å². The van der Waals surface area contributed by atoms with Crippen molar-refractivity contribution in [3.05, 3.63) is 28.2 Å². The molecule has 3 nitrogen and oxygen atoms in total. The van der Waals surface area contributed by atoms with E-state index in [1.807, 2.05) is 12.1 Å². The Morgan fingerprint density at radius 2 is 2.29 bits per heavy atom. The van der Waals surface area contributed by atoms with Crippen LogP contribution in [0.1, 0.15) is 32.3 Å².